The van der Waals surface area contributed by atoms with Crippen molar-refractivity contribution in [1.29, 1.82) is 0 Å². The lowest BCUT2D eigenvalue weighted by molar-refractivity contribution is -0.117. The number of Topliss-reactive ketones (excluding diaryl/α,β-unsaturated/α-hetero) is 2. The molecule has 1 aromatic rings. The molecule has 1 unspecified atom stereocenters. The van der Waals surface area contributed by atoms with Gasteiger partial charge in [0.25, 0.3) is 0 Å². The minimum absolute atomic E-state index is 0.0609. The van der Waals surface area contributed by atoms with Gasteiger partial charge in [-0.2, -0.15) is 0 Å². The van der Waals surface area contributed by atoms with Crippen molar-refractivity contribution in [2.45, 2.75) is 19.3 Å². The number of benzene rings is 1. The lowest BCUT2D eigenvalue weighted by Gasteiger charge is -2.09. The van der Waals surface area contributed by atoms with Gasteiger partial charge in [0.05, 0.1) is 10.6 Å². The summed E-state index contributed by atoms with van der Waals surface area (Å²) in [6.07, 6.45) is 1.12. The number of carbonyl (C=O) groups excluding carboxylic acids is 2. The molecule has 0 bridgehead atoms. The predicted octanol–water partition coefficient (Wildman–Crippen LogP) is 3.03. The van der Waals surface area contributed by atoms with Crippen LogP contribution in [0.5, 0.6) is 0 Å². The van der Waals surface area contributed by atoms with Crippen LogP contribution in [0.1, 0.15) is 29.6 Å². The monoisotopic (exact) mass is 240 g/mol. The first-order valence-corrected chi connectivity index (χ1v) is 5.47. The zero-order chi connectivity index (χ0) is 11.7. The van der Waals surface area contributed by atoms with Crippen molar-refractivity contribution in [3.63, 3.8) is 0 Å². The van der Waals surface area contributed by atoms with E-state index in [9.17, 15) is 14.0 Å². The number of ketones is 2. The van der Waals surface area contributed by atoms with E-state index in [-0.39, 0.29) is 28.6 Å². The maximum atomic E-state index is 13.5. The van der Waals surface area contributed by atoms with Crippen LogP contribution in [-0.4, -0.2) is 11.6 Å². The van der Waals surface area contributed by atoms with E-state index in [1.165, 1.54) is 18.2 Å². The van der Waals surface area contributed by atoms with Crippen LogP contribution < -0.4 is 0 Å². The summed E-state index contributed by atoms with van der Waals surface area (Å²) in [6, 6.07) is 4.14. The van der Waals surface area contributed by atoms with E-state index in [4.69, 9.17) is 11.6 Å². The summed E-state index contributed by atoms with van der Waals surface area (Å²) < 4.78 is 13.5. The molecule has 0 heterocycles. The number of hydrogen-bond donors (Lipinski definition) is 0. The SMILES string of the molecule is O=C1CCC(C(=O)c2c(F)cccc2Cl)C1. The fraction of sp³-hybridized carbons (Fsp3) is 0.333. The van der Waals surface area contributed by atoms with Crippen molar-refractivity contribution in [3.05, 3.63) is 34.6 Å². The Hall–Kier alpha value is -1.22. The average Bonchev–Trinajstić information content (AvgIpc) is 2.64. The van der Waals surface area contributed by atoms with Crippen LogP contribution in [0.15, 0.2) is 18.2 Å². The molecule has 16 heavy (non-hydrogen) atoms. The molecule has 0 saturated heterocycles. The smallest absolute Gasteiger partial charge is 0.170 e. The third-order valence-corrected chi connectivity index (χ3v) is 3.14. The third kappa shape index (κ3) is 2.00. The van der Waals surface area contributed by atoms with Crippen LogP contribution in [0.4, 0.5) is 4.39 Å². The maximum absolute atomic E-state index is 13.5. The number of hydrogen-bond acceptors (Lipinski definition) is 2. The first kappa shape index (κ1) is 11.3. The molecule has 1 fully saturated rings. The van der Waals surface area contributed by atoms with Crippen LogP contribution in [0, 0.1) is 11.7 Å². The van der Waals surface area contributed by atoms with Crippen LogP contribution in [0.3, 0.4) is 0 Å². The molecular weight excluding hydrogens is 231 g/mol. The van der Waals surface area contributed by atoms with Crippen molar-refractivity contribution in [2.24, 2.45) is 5.92 Å². The predicted molar refractivity (Wildman–Crippen MR) is 58.1 cm³/mol. The molecule has 84 valence electrons. The summed E-state index contributed by atoms with van der Waals surface area (Å²) in [5.74, 6) is -1.31. The van der Waals surface area contributed by atoms with Gasteiger partial charge in [-0.15, -0.1) is 0 Å². The molecule has 0 radical (unpaired) electrons. The van der Waals surface area contributed by atoms with E-state index >= 15 is 0 Å². The summed E-state index contributed by atoms with van der Waals surface area (Å²) in [6.45, 7) is 0. The zero-order valence-corrected chi connectivity index (χ0v) is 9.26. The first-order valence-electron chi connectivity index (χ1n) is 5.09. The Labute approximate surface area is 97.4 Å². The minimum Gasteiger partial charge on any atom is -0.300 e. The van der Waals surface area contributed by atoms with Gasteiger partial charge in [-0.05, 0) is 18.6 Å². The molecule has 1 aliphatic carbocycles. The Morgan fingerprint density at radius 3 is 2.75 bits per heavy atom. The van der Waals surface area contributed by atoms with Gasteiger partial charge >= 0.3 is 0 Å². The van der Waals surface area contributed by atoms with E-state index in [0.29, 0.717) is 12.8 Å². The molecule has 0 N–H and O–H groups in total. The fourth-order valence-corrected chi connectivity index (χ4v) is 2.23. The zero-order valence-electron chi connectivity index (χ0n) is 8.50. The van der Waals surface area contributed by atoms with Crippen molar-refractivity contribution >= 4 is 23.2 Å². The van der Waals surface area contributed by atoms with Gasteiger partial charge in [0.15, 0.2) is 5.78 Å². The Kier molecular flexibility index (Phi) is 3.06. The second kappa shape index (κ2) is 4.34. The lowest BCUT2D eigenvalue weighted by atomic mass is 9.96. The second-order valence-electron chi connectivity index (χ2n) is 3.94. The molecule has 0 aliphatic heterocycles. The highest BCUT2D eigenvalue weighted by molar-refractivity contribution is 6.34. The van der Waals surface area contributed by atoms with Crippen LogP contribution >= 0.6 is 11.6 Å². The second-order valence-corrected chi connectivity index (χ2v) is 4.35. The Morgan fingerprint density at radius 2 is 2.19 bits per heavy atom. The molecular formula is C12H10ClFO2. The summed E-state index contributed by atoms with van der Waals surface area (Å²) in [4.78, 5) is 23.0. The first-order chi connectivity index (χ1) is 7.59. The standard InChI is InChI=1S/C12H10ClFO2/c13-9-2-1-3-10(14)11(9)12(16)7-4-5-8(15)6-7/h1-3,7H,4-6H2. The van der Waals surface area contributed by atoms with Gasteiger partial charge in [-0.25, -0.2) is 4.39 Å². The summed E-state index contributed by atoms with van der Waals surface area (Å²) in [7, 11) is 0. The van der Waals surface area contributed by atoms with Crippen molar-refractivity contribution < 1.29 is 14.0 Å². The molecule has 1 aromatic carbocycles. The van der Waals surface area contributed by atoms with Crippen LogP contribution in [-0.2, 0) is 4.79 Å². The maximum Gasteiger partial charge on any atom is 0.170 e. The molecule has 1 atom stereocenters. The van der Waals surface area contributed by atoms with Gasteiger partial charge in [0.1, 0.15) is 11.6 Å². The Balaban J connectivity index is 2.31. The van der Waals surface area contributed by atoms with E-state index in [0.717, 1.165) is 0 Å². The minimum atomic E-state index is -0.614. The summed E-state index contributed by atoms with van der Waals surface area (Å²) in [5, 5.41) is 0.115. The van der Waals surface area contributed by atoms with Crippen LogP contribution in [0.2, 0.25) is 5.02 Å². The van der Waals surface area contributed by atoms with Gasteiger partial charge < -0.3 is 0 Å². The quantitative estimate of drug-likeness (QED) is 0.745. The molecule has 0 amide bonds. The number of halogens is 2. The Morgan fingerprint density at radius 1 is 1.44 bits per heavy atom. The van der Waals surface area contributed by atoms with E-state index in [2.05, 4.69) is 0 Å². The molecule has 0 aromatic heterocycles. The number of carbonyl (C=O) groups is 2. The van der Waals surface area contributed by atoms with E-state index < -0.39 is 11.7 Å². The van der Waals surface area contributed by atoms with Crippen molar-refractivity contribution in [3.8, 4) is 0 Å². The van der Waals surface area contributed by atoms with Crippen LogP contribution in [0.25, 0.3) is 0 Å². The van der Waals surface area contributed by atoms with Gasteiger partial charge in [-0.3, -0.25) is 9.59 Å². The van der Waals surface area contributed by atoms with Crippen molar-refractivity contribution in [2.75, 3.05) is 0 Å². The molecule has 2 rings (SSSR count). The highest BCUT2D eigenvalue weighted by Gasteiger charge is 2.31. The molecule has 4 heteroatoms. The topological polar surface area (TPSA) is 34.1 Å². The molecule has 0 spiro atoms. The van der Waals surface area contributed by atoms with Crippen molar-refractivity contribution in [1.82, 2.24) is 0 Å². The van der Waals surface area contributed by atoms with Gasteiger partial charge in [-0.1, -0.05) is 17.7 Å². The lowest BCUT2D eigenvalue weighted by Crippen LogP contribution is -2.14. The number of rotatable bonds is 2. The summed E-state index contributed by atoms with van der Waals surface area (Å²) >= 11 is 5.79. The highest BCUT2D eigenvalue weighted by atomic mass is 35.5. The van der Waals surface area contributed by atoms with E-state index in [1.54, 1.807) is 0 Å². The fourth-order valence-electron chi connectivity index (χ4n) is 1.98. The summed E-state index contributed by atoms with van der Waals surface area (Å²) in [5.41, 5.74) is -0.0798. The normalized spacial score (nSPS) is 20.1. The largest absolute Gasteiger partial charge is 0.300 e. The molecule has 1 aliphatic rings. The average molecular weight is 241 g/mol. The van der Waals surface area contributed by atoms with E-state index in [1.807, 2.05) is 0 Å². The van der Waals surface area contributed by atoms with Gasteiger partial charge in [0.2, 0.25) is 0 Å². The third-order valence-electron chi connectivity index (χ3n) is 2.83. The highest BCUT2D eigenvalue weighted by Crippen LogP contribution is 2.29. The van der Waals surface area contributed by atoms with Gasteiger partial charge in [0, 0.05) is 18.8 Å². The Bertz CT molecular complexity index is 436. The molecule has 2 nitrogen and oxygen atoms in total. The molecule has 1 saturated carbocycles.